The molecule has 0 bridgehead atoms. The van der Waals surface area contributed by atoms with Gasteiger partial charge in [0.05, 0.1) is 17.8 Å². The highest BCUT2D eigenvalue weighted by atomic mass is 16.5. The van der Waals surface area contributed by atoms with Crippen molar-refractivity contribution in [3.05, 3.63) is 18.0 Å². The highest BCUT2D eigenvalue weighted by Gasteiger charge is 2.43. The third-order valence-corrected chi connectivity index (χ3v) is 3.08. The second-order valence-corrected chi connectivity index (χ2v) is 3.78. The fourth-order valence-corrected chi connectivity index (χ4v) is 2.18. The Morgan fingerprint density at radius 1 is 1.71 bits per heavy atom. The smallest absolute Gasteiger partial charge is 0.259 e. The van der Waals surface area contributed by atoms with E-state index in [2.05, 4.69) is 15.0 Å². The van der Waals surface area contributed by atoms with Crippen molar-refractivity contribution in [3.8, 4) is 0 Å². The van der Waals surface area contributed by atoms with E-state index in [-0.39, 0.29) is 5.91 Å². The van der Waals surface area contributed by atoms with Gasteiger partial charge in [-0.05, 0) is 6.42 Å². The zero-order valence-electron chi connectivity index (χ0n) is 7.64. The van der Waals surface area contributed by atoms with Crippen LogP contribution in [0.4, 0.5) is 0 Å². The molecule has 5 nitrogen and oxygen atoms in total. The Bertz CT molecular complexity index is 349. The van der Waals surface area contributed by atoms with Crippen molar-refractivity contribution in [2.45, 2.75) is 18.5 Å². The molecule has 5 heteroatoms. The predicted molar refractivity (Wildman–Crippen MR) is 47.7 cm³/mol. The van der Waals surface area contributed by atoms with E-state index in [4.69, 9.17) is 0 Å². The van der Waals surface area contributed by atoms with Gasteiger partial charge in [-0.25, -0.2) is 0 Å². The molecule has 1 N–H and O–H groups in total. The average Bonchev–Trinajstić information content (AvgIpc) is 2.73. The first-order valence-electron chi connectivity index (χ1n) is 4.80. The van der Waals surface area contributed by atoms with Gasteiger partial charge in [0, 0.05) is 19.1 Å². The minimum Gasteiger partial charge on any atom is -0.364 e. The van der Waals surface area contributed by atoms with E-state index in [0.717, 1.165) is 19.5 Å². The number of nitrogens with zero attached hydrogens (tertiary/aromatic N) is 2. The van der Waals surface area contributed by atoms with Gasteiger partial charge in [0.1, 0.15) is 6.26 Å². The lowest BCUT2D eigenvalue weighted by Gasteiger charge is -2.36. The summed E-state index contributed by atoms with van der Waals surface area (Å²) in [6, 6.07) is 0.899. The second-order valence-electron chi connectivity index (χ2n) is 3.78. The molecular formula is C9H11N3O2. The molecule has 0 radical (unpaired) electrons. The Labute approximate surface area is 81.0 Å². The van der Waals surface area contributed by atoms with Crippen molar-refractivity contribution in [2.75, 3.05) is 13.1 Å². The zero-order valence-corrected chi connectivity index (χ0v) is 7.64. The molecule has 2 atom stereocenters. The third-order valence-electron chi connectivity index (χ3n) is 3.08. The lowest BCUT2D eigenvalue weighted by atomic mass is 10.0. The first-order valence-corrected chi connectivity index (χ1v) is 4.80. The normalized spacial score (nSPS) is 29.9. The van der Waals surface area contributed by atoms with Gasteiger partial charge in [-0.3, -0.25) is 4.79 Å². The Balaban J connectivity index is 1.80. The Morgan fingerprint density at radius 3 is 3.21 bits per heavy atom. The van der Waals surface area contributed by atoms with Gasteiger partial charge in [-0.2, -0.15) is 0 Å². The molecule has 2 aliphatic rings. The summed E-state index contributed by atoms with van der Waals surface area (Å²) in [5.41, 5.74) is 0.553. The minimum absolute atomic E-state index is 0.0419. The number of hydrogen-bond donors (Lipinski definition) is 1. The lowest BCUT2D eigenvalue weighted by Crippen LogP contribution is -2.60. The van der Waals surface area contributed by atoms with Crippen LogP contribution in [0.1, 0.15) is 16.8 Å². The molecule has 1 aromatic heterocycles. The maximum absolute atomic E-state index is 11.9. The molecule has 3 rings (SSSR count). The number of hydrogen-bond acceptors (Lipinski definition) is 4. The zero-order chi connectivity index (χ0) is 9.54. The average molecular weight is 193 g/mol. The molecule has 0 aliphatic carbocycles. The predicted octanol–water partition coefficient (Wildman–Crippen LogP) is -0.139. The monoisotopic (exact) mass is 193 g/mol. The highest BCUT2D eigenvalue weighted by Crippen LogP contribution is 2.25. The standard InChI is InChI=1S/C9H11N3O2/c13-9(6-3-11-14-5-6)12-2-1-7-8(12)4-10-7/h3,5,7-8,10H,1-2,4H2. The number of carbonyl (C=O) groups is 1. The van der Waals surface area contributed by atoms with Crippen molar-refractivity contribution < 1.29 is 9.32 Å². The van der Waals surface area contributed by atoms with Gasteiger partial charge < -0.3 is 14.7 Å². The molecule has 74 valence electrons. The third kappa shape index (κ3) is 0.988. The van der Waals surface area contributed by atoms with Crippen molar-refractivity contribution in [3.63, 3.8) is 0 Å². The van der Waals surface area contributed by atoms with Crippen molar-refractivity contribution in [1.29, 1.82) is 0 Å². The van der Waals surface area contributed by atoms with Crippen LogP contribution < -0.4 is 5.32 Å². The van der Waals surface area contributed by atoms with E-state index >= 15 is 0 Å². The van der Waals surface area contributed by atoms with Crippen molar-refractivity contribution in [1.82, 2.24) is 15.4 Å². The molecule has 0 spiro atoms. The van der Waals surface area contributed by atoms with Crippen LogP contribution in [0.5, 0.6) is 0 Å². The summed E-state index contributed by atoms with van der Waals surface area (Å²) in [5.74, 6) is 0.0419. The van der Waals surface area contributed by atoms with E-state index in [0.29, 0.717) is 17.6 Å². The summed E-state index contributed by atoms with van der Waals surface area (Å²) in [6.07, 6.45) is 3.94. The number of carbonyl (C=O) groups excluding carboxylic acids is 1. The van der Waals surface area contributed by atoms with E-state index in [1.165, 1.54) is 12.5 Å². The molecule has 2 unspecified atom stereocenters. The number of aromatic nitrogens is 1. The largest absolute Gasteiger partial charge is 0.364 e. The van der Waals surface area contributed by atoms with Crippen LogP contribution in [0, 0.1) is 0 Å². The quantitative estimate of drug-likeness (QED) is 0.674. The van der Waals surface area contributed by atoms with Gasteiger partial charge in [0.2, 0.25) is 0 Å². The van der Waals surface area contributed by atoms with Gasteiger partial charge in [-0.15, -0.1) is 0 Å². The molecule has 2 fully saturated rings. The summed E-state index contributed by atoms with van der Waals surface area (Å²) >= 11 is 0. The van der Waals surface area contributed by atoms with Crippen LogP contribution in [0.15, 0.2) is 17.0 Å². The fourth-order valence-electron chi connectivity index (χ4n) is 2.18. The summed E-state index contributed by atoms with van der Waals surface area (Å²) in [4.78, 5) is 13.8. The second kappa shape index (κ2) is 2.81. The van der Waals surface area contributed by atoms with Gasteiger partial charge in [-0.1, -0.05) is 5.16 Å². The van der Waals surface area contributed by atoms with Crippen molar-refractivity contribution in [2.24, 2.45) is 0 Å². The van der Waals surface area contributed by atoms with Gasteiger partial charge >= 0.3 is 0 Å². The number of rotatable bonds is 1. The molecule has 14 heavy (non-hydrogen) atoms. The maximum Gasteiger partial charge on any atom is 0.259 e. The van der Waals surface area contributed by atoms with E-state index in [9.17, 15) is 4.79 Å². The molecular weight excluding hydrogens is 182 g/mol. The van der Waals surface area contributed by atoms with Crippen LogP contribution in [0.3, 0.4) is 0 Å². The molecule has 1 aromatic rings. The first-order chi connectivity index (χ1) is 6.86. The number of fused-ring (bicyclic) bond motifs is 1. The maximum atomic E-state index is 11.9. The van der Waals surface area contributed by atoms with Gasteiger partial charge in [0.15, 0.2) is 0 Å². The van der Waals surface area contributed by atoms with Crippen LogP contribution in [0.25, 0.3) is 0 Å². The van der Waals surface area contributed by atoms with Crippen LogP contribution in [0.2, 0.25) is 0 Å². The molecule has 3 heterocycles. The van der Waals surface area contributed by atoms with Crippen LogP contribution >= 0.6 is 0 Å². The molecule has 2 aliphatic heterocycles. The highest BCUT2D eigenvalue weighted by molar-refractivity contribution is 5.94. The molecule has 0 aromatic carbocycles. The lowest BCUT2D eigenvalue weighted by molar-refractivity contribution is 0.0678. The summed E-state index contributed by atoms with van der Waals surface area (Å²) in [5, 5.41) is 6.84. The van der Waals surface area contributed by atoms with E-state index in [1.807, 2.05) is 4.90 Å². The van der Waals surface area contributed by atoms with Crippen LogP contribution in [-0.2, 0) is 0 Å². The molecule has 0 saturated carbocycles. The number of nitrogens with one attached hydrogen (secondary N) is 1. The SMILES string of the molecule is O=C(c1cnoc1)N1CCC2NCC21. The Kier molecular flexibility index (Phi) is 1.61. The van der Waals surface area contributed by atoms with Gasteiger partial charge in [0.25, 0.3) is 5.91 Å². The van der Waals surface area contributed by atoms with Crippen LogP contribution in [-0.4, -0.2) is 41.1 Å². The minimum atomic E-state index is 0.0419. The molecule has 2 saturated heterocycles. The Hall–Kier alpha value is -1.36. The van der Waals surface area contributed by atoms with E-state index < -0.39 is 0 Å². The fraction of sp³-hybridized carbons (Fsp3) is 0.556. The summed E-state index contributed by atoms with van der Waals surface area (Å²) in [7, 11) is 0. The number of likely N-dealkylation sites (tertiary alicyclic amines) is 1. The first kappa shape index (κ1) is 7.99. The summed E-state index contributed by atoms with van der Waals surface area (Å²) in [6.45, 7) is 1.76. The Morgan fingerprint density at radius 2 is 2.64 bits per heavy atom. The summed E-state index contributed by atoms with van der Waals surface area (Å²) < 4.78 is 4.66. The van der Waals surface area contributed by atoms with E-state index in [1.54, 1.807) is 0 Å². The molecule has 1 amide bonds. The van der Waals surface area contributed by atoms with Crippen molar-refractivity contribution >= 4 is 5.91 Å². The number of amides is 1. The topological polar surface area (TPSA) is 58.4 Å².